The van der Waals surface area contributed by atoms with Crippen LogP contribution in [0.4, 0.5) is 0 Å². The van der Waals surface area contributed by atoms with Crippen LogP contribution in [0.25, 0.3) is 0 Å². The molecule has 11 unspecified atom stereocenters. The summed E-state index contributed by atoms with van der Waals surface area (Å²) in [5, 5.41) is 10.4. The van der Waals surface area contributed by atoms with E-state index in [1.54, 1.807) is 0 Å². The zero-order chi connectivity index (χ0) is 93.7. The predicted octanol–water partition coefficient (Wildman–Crippen LogP) is 14.9. The molecule has 22 aliphatic rings. The van der Waals surface area contributed by atoms with Crippen LogP contribution in [0, 0.1) is 44.3 Å². The molecular weight excluding hydrogens is 1630 g/mol. The fourth-order valence-electron chi connectivity index (χ4n) is 26.8. The molecule has 22 nitrogen and oxygen atoms in total. The molecule has 21 saturated heterocycles. The Hall–Kier alpha value is -0.880. The van der Waals surface area contributed by atoms with E-state index >= 15 is 0 Å². The summed E-state index contributed by atoms with van der Waals surface area (Å²) in [6.45, 7) is 95.9. The highest BCUT2D eigenvalue weighted by Gasteiger charge is 2.48. The van der Waals surface area contributed by atoms with Crippen molar-refractivity contribution in [2.75, 3.05) is 249 Å². The van der Waals surface area contributed by atoms with Crippen LogP contribution in [0.15, 0.2) is 0 Å². The summed E-state index contributed by atoms with van der Waals surface area (Å²) in [4.78, 5) is 31.2. The summed E-state index contributed by atoms with van der Waals surface area (Å²) in [5.41, 5.74) is 3.78. The molecule has 0 amide bonds. The Morgan fingerprint density at radius 2 is 0.687 bits per heavy atom. The van der Waals surface area contributed by atoms with Crippen molar-refractivity contribution in [3.8, 4) is 0 Å². The largest absolute Gasteiger partial charge is 0.381 e. The van der Waals surface area contributed by atoms with Crippen molar-refractivity contribution in [2.45, 2.75) is 409 Å². The molecule has 131 heavy (non-hydrogen) atoms. The number of rotatable bonds is 11. The van der Waals surface area contributed by atoms with Gasteiger partial charge in [-0.25, -0.2) is 0 Å². The third-order valence-electron chi connectivity index (χ3n) is 36.8. The van der Waals surface area contributed by atoms with Crippen molar-refractivity contribution < 1.29 is 33.2 Å². The zero-order valence-electron chi connectivity index (χ0n) is 89.4. The number of fused-ring (bicyclic) bond motifs is 7. The Kier molecular flexibility index (Phi) is 43.1. The van der Waals surface area contributed by atoms with Crippen molar-refractivity contribution in [2.24, 2.45) is 44.3 Å². The van der Waals surface area contributed by atoms with Gasteiger partial charge in [0.15, 0.2) is 0 Å². The maximum absolute atomic E-state index is 5.74. The second kappa shape index (κ2) is 51.9. The van der Waals surface area contributed by atoms with Crippen LogP contribution < -0.4 is 16.0 Å². The van der Waals surface area contributed by atoms with E-state index in [2.05, 4.69) is 227 Å². The highest BCUT2D eigenvalue weighted by atomic mass is 16.5. The van der Waals surface area contributed by atoms with E-state index in [0.717, 1.165) is 171 Å². The maximum atomic E-state index is 5.74. The lowest BCUT2D eigenvalue weighted by Gasteiger charge is -2.40. The first kappa shape index (κ1) is 109. The van der Waals surface area contributed by atoms with Gasteiger partial charge in [0.25, 0.3) is 0 Å². The van der Waals surface area contributed by atoms with Gasteiger partial charge in [0.2, 0.25) is 0 Å². The molecule has 0 aromatic carbocycles. The van der Waals surface area contributed by atoms with E-state index in [0.29, 0.717) is 75.0 Å². The molecule has 1 saturated carbocycles. The summed E-state index contributed by atoms with van der Waals surface area (Å²) in [5.74, 6) is 1.69. The molecular formula is C109H211N15O7. The minimum absolute atomic E-state index is 0.546. The molecule has 11 atom stereocenters. The third-order valence-corrected chi connectivity index (χ3v) is 36.8. The summed E-state index contributed by atoms with van der Waals surface area (Å²) in [6, 6.07) is 11.0. The maximum Gasteiger partial charge on any atom is 0.0731 e. The van der Waals surface area contributed by atoms with Crippen LogP contribution in [0.3, 0.4) is 0 Å². The van der Waals surface area contributed by atoms with Gasteiger partial charge in [0, 0.05) is 244 Å². The van der Waals surface area contributed by atoms with Gasteiger partial charge in [-0.2, -0.15) is 0 Å². The van der Waals surface area contributed by atoms with E-state index in [1.165, 1.54) is 305 Å². The average Bonchev–Trinajstić information content (AvgIpc) is 1.64. The number of morpholine rings is 3. The fourth-order valence-corrected chi connectivity index (χ4v) is 26.8. The van der Waals surface area contributed by atoms with Crippen molar-refractivity contribution in [1.82, 2.24) is 74.7 Å². The quantitative estimate of drug-likeness (QED) is 0.181. The molecule has 6 spiro atoms. The molecule has 0 radical (unpaired) electrons. The number of likely N-dealkylation sites (tertiary alicyclic amines) is 8. The highest BCUT2D eigenvalue weighted by Crippen LogP contribution is 2.45. The summed E-state index contributed by atoms with van der Waals surface area (Å²) < 4.78 is 38.8. The topological polar surface area (TPSA) is 140 Å². The van der Waals surface area contributed by atoms with Crippen LogP contribution in [-0.4, -0.2) is 417 Å². The van der Waals surface area contributed by atoms with Gasteiger partial charge in [0.05, 0.1) is 64.6 Å². The monoisotopic (exact) mass is 1840 g/mol. The number of nitrogens with zero attached hydrogens (tertiary/aromatic N) is 12. The van der Waals surface area contributed by atoms with E-state index in [4.69, 9.17) is 33.2 Å². The predicted molar refractivity (Wildman–Crippen MR) is 545 cm³/mol. The van der Waals surface area contributed by atoms with Crippen LogP contribution in [0.2, 0.25) is 0 Å². The summed E-state index contributed by atoms with van der Waals surface area (Å²) in [6.07, 6.45) is 32.9. The second-order valence-electron chi connectivity index (χ2n) is 49.4. The first-order valence-corrected chi connectivity index (χ1v) is 55.9. The first-order chi connectivity index (χ1) is 62.7. The standard InChI is InChI=1S/C11H22N2.2C11H21NO.2C10H20N2.2C10H19NO.C9H18N2.3C9H17NO/c1-10(2)13-7-4-11(5-8-13)3-6-12-9-11;1-10(2)12-6-3-11(9-12)4-7-13-8-5-11;1-10(2)12-6-3-11(4-7-12)5-8-13-9-11;1-9(2)12-6-4-10(8-12)3-5-11-7-10;1-9(2)12-7-6-11-5-3-4-10(11)8-12;1-9(2)11-5-3-10(7-11)4-6-12-8-10;1-8(2)11-6-7-12-10-5-3-4-9(10)11;1-8(2)11-4-3-9(7-11)5-10-6-9;1-7(2)10-3-8-5-11-6-9(8)4-10;1-7(2)10-8-3-4-9(10)6-11-5-8;1-7(2)10-5-8-3-4-9(6-10)11-8/h10,12H,3-9H2,1-2H3;2*10H,3-9H2,1-2H3;9,11H,3-8H2,1-2H3;9-10H,3-8H2,1-2H3;9H,3-8H2,1-2H3;8-10H,3-7H2,1-2H3;8,10H,3-7H2,1-2H3;3*7-9H,3-6H2,1-2H3. The SMILES string of the molecule is CC(C)N1C2CCC1COC2.CC(C)N1CC2CCC(C1)O2.CC(C)N1CC2COCC2C1.CC(C)N1CCC2(CCNC2)C1.CC(C)N1CCC2(CCNC2)CC1.CC(C)N1CCC2(CCOC2)C1.CC(C)N1CCC2(CCOC2)CC1.CC(C)N1CCC2(CCOCC2)C1.CC(C)N1CCC2(CNC2)C1.CC(C)N1CCN2CCCC2C1.CC(C)N1CCOC2CCCC21. The highest BCUT2D eigenvalue weighted by molar-refractivity contribution is 5.03. The van der Waals surface area contributed by atoms with Crippen LogP contribution >= 0.6 is 0 Å². The molecule has 22 heteroatoms. The zero-order valence-corrected chi connectivity index (χ0v) is 89.4. The van der Waals surface area contributed by atoms with Gasteiger partial charge in [0.1, 0.15) is 0 Å². The molecule has 0 aromatic heterocycles. The molecule has 764 valence electrons. The minimum Gasteiger partial charge on any atom is -0.381 e. The van der Waals surface area contributed by atoms with Crippen molar-refractivity contribution in [1.29, 1.82) is 0 Å². The van der Waals surface area contributed by atoms with Crippen molar-refractivity contribution >= 4 is 0 Å². The molecule has 21 aliphatic heterocycles. The third kappa shape index (κ3) is 31.3. The van der Waals surface area contributed by atoms with Gasteiger partial charge >= 0.3 is 0 Å². The fraction of sp³-hybridized carbons (Fsp3) is 1.00. The van der Waals surface area contributed by atoms with Gasteiger partial charge in [-0.05, 0) is 394 Å². The van der Waals surface area contributed by atoms with E-state index in [1.807, 2.05) is 0 Å². The number of nitrogens with one attached hydrogen (secondary N) is 3. The first-order valence-electron chi connectivity index (χ1n) is 55.9. The van der Waals surface area contributed by atoms with E-state index in [-0.39, 0.29) is 0 Å². The van der Waals surface area contributed by atoms with Crippen molar-refractivity contribution in [3.05, 3.63) is 0 Å². The lowest BCUT2D eigenvalue weighted by atomic mass is 9.77. The van der Waals surface area contributed by atoms with Gasteiger partial charge in [-0.1, -0.05) is 0 Å². The molecule has 0 aromatic rings. The molecule has 21 heterocycles. The second-order valence-corrected chi connectivity index (χ2v) is 49.4. The molecule has 3 N–H and O–H groups in total. The van der Waals surface area contributed by atoms with E-state index in [9.17, 15) is 0 Å². The average molecular weight is 1840 g/mol. The van der Waals surface area contributed by atoms with Gasteiger partial charge in [-0.3, -0.25) is 24.5 Å². The van der Waals surface area contributed by atoms with Gasteiger partial charge in [-0.15, -0.1) is 0 Å². The van der Waals surface area contributed by atoms with Gasteiger partial charge < -0.3 is 83.4 Å². The van der Waals surface area contributed by atoms with Crippen LogP contribution in [0.1, 0.15) is 300 Å². The Labute approximate surface area is 806 Å². The number of piperazine rings is 1. The molecule has 4 bridgehead atoms. The lowest BCUT2D eigenvalue weighted by molar-refractivity contribution is -0.0666. The van der Waals surface area contributed by atoms with Crippen LogP contribution in [-0.2, 0) is 33.2 Å². The Morgan fingerprint density at radius 1 is 0.267 bits per heavy atom. The lowest BCUT2D eigenvalue weighted by Crippen LogP contribution is -2.55. The summed E-state index contributed by atoms with van der Waals surface area (Å²) in [7, 11) is 0. The van der Waals surface area contributed by atoms with Crippen LogP contribution in [0.5, 0.6) is 0 Å². The smallest absolute Gasteiger partial charge is 0.0731 e. The molecule has 22 rings (SSSR count). The molecule has 22 fully saturated rings. The Morgan fingerprint density at radius 3 is 1.14 bits per heavy atom. The number of piperidine rings is 2. The number of ether oxygens (including phenoxy) is 7. The number of hydrogen-bond donors (Lipinski definition) is 3. The Balaban J connectivity index is 0.000000130. The van der Waals surface area contributed by atoms with Crippen molar-refractivity contribution in [3.63, 3.8) is 0 Å². The minimum atomic E-state index is 0.546. The van der Waals surface area contributed by atoms with E-state index < -0.39 is 0 Å². The summed E-state index contributed by atoms with van der Waals surface area (Å²) >= 11 is 0. The molecule has 1 aliphatic carbocycles. The Bertz CT molecular complexity index is 2990. The number of hydrogen-bond acceptors (Lipinski definition) is 22. The normalized spacial score (nSPS) is 34.0.